The fourth-order valence-electron chi connectivity index (χ4n) is 8.85. The molecule has 0 unspecified atom stereocenters. The van der Waals surface area contributed by atoms with Gasteiger partial charge in [-0.25, -0.2) is 15.0 Å². The number of aromatic nitrogens is 4. The molecule has 4 heteroatoms. The molecule has 0 spiro atoms. The molecule has 1 aliphatic carbocycles. The molecule has 0 bridgehead atoms. The summed E-state index contributed by atoms with van der Waals surface area (Å²) in [4.78, 5) is 15.8. The summed E-state index contributed by atoms with van der Waals surface area (Å²) >= 11 is 0. The zero-order valence-electron chi connectivity index (χ0n) is 31.1. The third kappa shape index (κ3) is 5.03. The van der Waals surface area contributed by atoms with Gasteiger partial charge in [-0.1, -0.05) is 166 Å². The van der Waals surface area contributed by atoms with Crippen molar-refractivity contribution in [3.05, 3.63) is 193 Å². The summed E-state index contributed by atoms with van der Waals surface area (Å²) in [6.07, 6.45) is 0. The monoisotopic (exact) mass is 716 g/mol. The highest BCUT2D eigenvalue weighted by Gasteiger charge is 2.35. The molecule has 0 amide bonds. The van der Waals surface area contributed by atoms with Crippen LogP contribution in [0.3, 0.4) is 0 Å². The summed E-state index contributed by atoms with van der Waals surface area (Å²) in [7, 11) is 0. The Morgan fingerprint density at radius 1 is 0.375 bits per heavy atom. The summed E-state index contributed by atoms with van der Waals surface area (Å²) in [5.74, 6) is 1.91. The van der Waals surface area contributed by atoms with Gasteiger partial charge in [-0.15, -0.1) is 0 Å². The first-order valence-electron chi connectivity index (χ1n) is 19.2. The van der Waals surface area contributed by atoms with E-state index in [1.54, 1.807) is 0 Å². The molecule has 2 heterocycles. The molecule has 0 saturated carbocycles. The molecular weight excluding hydrogens is 681 g/mol. The van der Waals surface area contributed by atoms with Crippen LogP contribution in [0.15, 0.2) is 182 Å². The smallest absolute Gasteiger partial charge is 0.164 e. The van der Waals surface area contributed by atoms with Crippen molar-refractivity contribution in [2.24, 2.45) is 0 Å². The van der Waals surface area contributed by atoms with Gasteiger partial charge in [0.05, 0.1) is 16.7 Å². The Morgan fingerprint density at radius 2 is 0.911 bits per heavy atom. The van der Waals surface area contributed by atoms with Crippen molar-refractivity contribution in [1.82, 2.24) is 19.5 Å². The van der Waals surface area contributed by atoms with Crippen LogP contribution in [0.5, 0.6) is 0 Å². The first kappa shape index (κ1) is 32.3. The summed E-state index contributed by atoms with van der Waals surface area (Å²) in [5.41, 5.74) is 13.5. The van der Waals surface area contributed by atoms with E-state index < -0.39 is 0 Å². The molecule has 4 nitrogen and oxygen atoms in total. The molecule has 0 aliphatic heterocycles. The second-order valence-corrected chi connectivity index (χ2v) is 15.3. The van der Waals surface area contributed by atoms with Gasteiger partial charge in [0.1, 0.15) is 0 Å². The average Bonchev–Trinajstić information content (AvgIpc) is 3.71. The van der Waals surface area contributed by atoms with E-state index in [-0.39, 0.29) is 5.41 Å². The lowest BCUT2D eigenvalue weighted by Gasteiger charge is -2.21. The minimum atomic E-state index is -0.0886. The number of hydrogen-bond acceptors (Lipinski definition) is 3. The van der Waals surface area contributed by atoms with Crippen LogP contribution in [0.2, 0.25) is 0 Å². The molecule has 0 fully saturated rings. The van der Waals surface area contributed by atoms with Gasteiger partial charge in [0.25, 0.3) is 0 Å². The van der Waals surface area contributed by atoms with Crippen molar-refractivity contribution >= 4 is 32.6 Å². The number of hydrogen-bond donors (Lipinski definition) is 0. The Balaban J connectivity index is 1.16. The number of rotatable bonds is 5. The minimum Gasteiger partial charge on any atom is -0.309 e. The predicted octanol–water partition coefficient (Wildman–Crippen LogP) is 13.1. The number of para-hydroxylation sites is 2. The SMILES string of the molecule is CC1(C)c2ccccc2-c2cc(-c3nc(-c4ccc(-c5ccccc5)c(-n5c6ccccc6c6ccccc65)c4)nc(-c4ccc5ccccc5c4)n3)ccc21. The molecule has 11 rings (SSSR count). The van der Waals surface area contributed by atoms with Gasteiger partial charge in [0.15, 0.2) is 17.5 Å². The van der Waals surface area contributed by atoms with E-state index in [0.717, 1.165) is 49.9 Å². The van der Waals surface area contributed by atoms with Crippen molar-refractivity contribution in [2.75, 3.05) is 0 Å². The third-order valence-electron chi connectivity index (χ3n) is 11.6. The fraction of sp³-hybridized carbons (Fsp3) is 0.0577. The van der Waals surface area contributed by atoms with E-state index in [9.17, 15) is 0 Å². The van der Waals surface area contributed by atoms with Crippen LogP contribution in [0.25, 0.3) is 94.7 Å². The van der Waals surface area contributed by atoms with Crippen LogP contribution in [0.4, 0.5) is 0 Å². The van der Waals surface area contributed by atoms with Crippen LogP contribution < -0.4 is 0 Å². The number of fused-ring (bicyclic) bond motifs is 7. The average molecular weight is 717 g/mol. The highest BCUT2D eigenvalue weighted by atomic mass is 15.0. The van der Waals surface area contributed by atoms with E-state index in [0.29, 0.717) is 17.5 Å². The van der Waals surface area contributed by atoms with Crippen LogP contribution in [-0.2, 0) is 5.41 Å². The van der Waals surface area contributed by atoms with E-state index in [1.165, 1.54) is 38.4 Å². The summed E-state index contributed by atoms with van der Waals surface area (Å²) in [6.45, 7) is 4.62. The maximum absolute atomic E-state index is 5.30. The lowest BCUT2D eigenvalue weighted by molar-refractivity contribution is 0.660. The van der Waals surface area contributed by atoms with Crippen LogP contribution in [-0.4, -0.2) is 19.5 Å². The van der Waals surface area contributed by atoms with Gasteiger partial charge in [-0.05, 0) is 68.9 Å². The summed E-state index contributed by atoms with van der Waals surface area (Å²) in [6, 6.07) is 64.9. The van der Waals surface area contributed by atoms with Gasteiger partial charge >= 0.3 is 0 Å². The highest BCUT2D eigenvalue weighted by Crippen LogP contribution is 2.49. The zero-order chi connectivity index (χ0) is 37.4. The van der Waals surface area contributed by atoms with Gasteiger partial charge in [-0.2, -0.15) is 0 Å². The predicted molar refractivity (Wildman–Crippen MR) is 231 cm³/mol. The molecule has 0 radical (unpaired) electrons. The fourth-order valence-corrected chi connectivity index (χ4v) is 8.85. The van der Waals surface area contributed by atoms with E-state index in [2.05, 4.69) is 200 Å². The quantitative estimate of drug-likeness (QED) is 0.178. The molecule has 8 aromatic carbocycles. The molecule has 56 heavy (non-hydrogen) atoms. The van der Waals surface area contributed by atoms with Gasteiger partial charge in [-0.3, -0.25) is 0 Å². The standard InChI is InChI=1S/C52H36N4/c1-52(2)44-21-11-8-18-40(44)43-31-37(27-29-45(43)52)50-53-49(36-25-24-33-14-6-7-17-35(33)30-36)54-51(55-50)38-26-28-39(34-15-4-3-5-16-34)48(32-38)56-46-22-12-9-19-41(46)42-20-10-13-23-47(42)56/h3-32H,1-2H3. The second kappa shape index (κ2) is 12.4. The molecule has 264 valence electrons. The molecule has 0 N–H and O–H groups in total. The molecule has 0 saturated heterocycles. The highest BCUT2D eigenvalue weighted by molar-refractivity contribution is 6.10. The first-order valence-corrected chi connectivity index (χ1v) is 19.2. The molecule has 0 atom stereocenters. The van der Waals surface area contributed by atoms with E-state index in [1.807, 2.05) is 0 Å². The van der Waals surface area contributed by atoms with E-state index in [4.69, 9.17) is 15.0 Å². The lowest BCUT2D eigenvalue weighted by atomic mass is 9.82. The van der Waals surface area contributed by atoms with Gasteiger partial charge < -0.3 is 4.57 Å². The van der Waals surface area contributed by atoms with Crippen LogP contribution in [0.1, 0.15) is 25.0 Å². The summed E-state index contributed by atoms with van der Waals surface area (Å²) < 4.78 is 2.39. The Kier molecular flexibility index (Phi) is 7.17. The molecule has 1 aliphatic rings. The van der Waals surface area contributed by atoms with Crippen LogP contribution in [0, 0.1) is 0 Å². The Morgan fingerprint density at radius 3 is 1.64 bits per heavy atom. The Hall–Kier alpha value is -7.17. The largest absolute Gasteiger partial charge is 0.309 e. The van der Waals surface area contributed by atoms with Crippen molar-refractivity contribution in [1.29, 1.82) is 0 Å². The second-order valence-electron chi connectivity index (χ2n) is 15.3. The zero-order valence-corrected chi connectivity index (χ0v) is 31.1. The van der Waals surface area contributed by atoms with Crippen molar-refractivity contribution in [2.45, 2.75) is 19.3 Å². The van der Waals surface area contributed by atoms with Crippen molar-refractivity contribution in [3.63, 3.8) is 0 Å². The molecule has 10 aromatic rings. The third-order valence-corrected chi connectivity index (χ3v) is 11.6. The van der Waals surface area contributed by atoms with Gasteiger partial charge in [0.2, 0.25) is 0 Å². The first-order chi connectivity index (χ1) is 27.5. The van der Waals surface area contributed by atoms with Crippen molar-refractivity contribution < 1.29 is 0 Å². The van der Waals surface area contributed by atoms with E-state index >= 15 is 0 Å². The number of benzene rings is 8. The summed E-state index contributed by atoms with van der Waals surface area (Å²) in [5, 5.41) is 4.76. The maximum atomic E-state index is 5.30. The number of nitrogens with zero attached hydrogens (tertiary/aromatic N) is 4. The molecule has 2 aromatic heterocycles. The lowest BCUT2D eigenvalue weighted by Crippen LogP contribution is -2.14. The normalized spacial score (nSPS) is 13.0. The van der Waals surface area contributed by atoms with Crippen LogP contribution >= 0.6 is 0 Å². The van der Waals surface area contributed by atoms with Crippen molar-refractivity contribution in [3.8, 4) is 62.1 Å². The minimum absolute atomic E-state index is 0.0886. The topological polar surface area (TPSA) is 43.6 Å². The maximum Gasteiger partial charge on any atom is 0.164 e. The Bertz CT molecular complexity index is 3120. The van der Waals surface area contributed by atoms with Gasteiger partial charge in [0, 0.05) is 38.4 Å². The Labute approximate surface area is 325 Å². The molecular formula is C52H36N4.